The summed E-state index contributed by atoms with van der Waals surface area (Å²) in [6.45, 7) is 4.28. The Morgan fingerprint density at radius 3 is 2.14 bits per heavy atom. The lowest BCUT2D eigenvalue weighted by atomic mass is 10.0. The topological polar surface area (TPSA) is 50.9 Å². The van der Waals surface area contributed by atoms with Crippen molar-refractivity contribution in [1.82, 2.24) is 15.0 Å². The standard InChI is InChI=1S/C17H17N3O/c1-13(21)12-15-7-3-2-6-14(15)10-11-20-18-16-8-4-5-9-17(16)19-20/h2-9,21H,1,10-12H2. The van der Waals surface area contributed by atoms with Crippen molar-refractivity contribution in [2.75, 3.05) is 0 Å². The van der Waals surface area contributed by atoms with Crippen molar-refractivity contribution in [3.63, 3.8) is 0 Å². The summed E-state index contributed by atoms with van der Waals surface area (Å²) in [4.78, 5) is 1.73. The molecule has 0 unspecified atom stereocenters. The molecule has 1 heterocycles. The van der Waals surface area contributed by atoms with Gasteiger partial charge in [0.15, 0.2) is 0 Å². The highest BCUT2D eigenvalue weighted by Crippen LogP contribution is 2.14. The number of benzene rings is 2. The van der Waals surface area contributed by atoms with E-state index in [2.05, 4.69) is 22.8 Å². The zero-order valence-electron chi connectivity index (χ0n) is 11.7. The van der Waals surface area contributed by atoms with E-state index in [0.29, 0.717) is 13.0 Å². The number of rotatable bonds is 5. The van der Waals surface area contributed by atoms with Crippen LogP contribution in [0.5, 0.6) is 0 Å². The van der Waals surface area contributed by atoms with Crippen LogP contribution in [-0.4, -0.2) is 20.1 Å². The molecule has 0 amide bonds. The van der Waals surface area contributed by atoms with Crippen LogP contribution in [0.1, 0.15) is 11.1 Å². The van der Waals surface area contributed by atoms with Gasteiger partial charge in [-0.1, -0.05) is 43.0 Å². The summed E-state index contributed by atoms with van der Waals surface area (Å²) in [5.41, 5.74) is 4.11. The molecule has 3 aromatic rings. The van der Waals surface area contributed by atoms with E-state index >= 15 is 0 Å². The second-order valence-corrected chi connectivity index (χ2v) is 5.05. The Morgan fingerprint density at radius 2 is 1.52 bits per heavy atom. The summed E-state index contributed by atoms with van der Waals surface area (Å²) >= 11 is 0. The minimum absolute atomic E-state index is 0.186. The highest BCUT2D eigenvalue weighted by molar-refractivity contribution is 5.72. The van der Waals surface area contributed by atoms with Gasteiger partial charge in [0.25, 0.3) is 0 Å². The predicted octanol–water partition coefficient (Wildman–Crippen LogP) is 3.29. The van der Waals surface area contributed by atoms with E-state index in [-0.39, 0.29) is 5.76 Å². The molecule has 106 valence electrons. The molecular weight excluding hydrogens is 262 g/mol. The van der Waals surface area contributed by atoms with Gasteiger partial charge < -0.3 is 5.11 Å². The van der Waals surface area contributed by atoms with Gasteiger partial charge >= 0.3 is 0 Å². The van der Waals surface area contributed by atoms with Crippen molar-refractivity contribution in [3.8, 4) is 0 Å². The van der Waals surface area contributed by atoms with E-state index in [4.69, 9.17) is 0 Å². The van der Waals surface area contributed by atoms with Gasteiger partial charge in [0.1, 0.15) is 11.0 Å². The van der Waals surface area contributed by atoms with E-state index in [1.165, 1.54) is 5.56 Å². The predicted molar refractivity (Wildman–Crippen MR) is 83.1 cm³/mol. The van der Waals surface area contributed by atoms with Gasteiger partial charge in [0.2, 0.25) is 0 Å². The van der Waals surface area contributed by atoms with Crippen molar-refractivity contribution in [3.05, 3.63) is 72.0 Å². The van der Waals surface area contributed by atoms with E-state index in [0.717, 1.165) is 23.0 Å². The number of fused-ring (bicyclic) bond motifs is 1. The third-order valence-electron chi connectivity index (χ3n) is 3.42. The summed E-state index contributed by atoms with van der Waals surface area (Å²) in [6.07, 6.45) is 1.31. The largest absolute Gasteiger partial charge is 0.513 e. The highest BCUT2D eigenvalue weighted by atomic mass is 16.3. The van der Waals surface area contributed by atoms with Gasteiger partial charge in [-0.25, -0.2) is 0 Å². The van der Waals surface area contributed by atoms with Gasteiger partial charge in [-0.3, -0.25) is 0 Å². The molecule has 1 aromatic heterocycles. The van der Waals surface area contributed by atoms with Crippen molar-refractivity contribution >= 4 is 11.0 Å². The first-order valence-corrected chi connectivity index (χ1v) is 6.96. The van der Waals surface area contributed by atoms with Crippen LogP contribution in [0.3, 0.4) is 0 Å². The Hall–Kier alpha value is -2.62. The van der Waals surface area contributed by atoms with Crippen LogP contribution in [0.4, 0.5) is 0 Å². The van der Waals surface area contributed by atoms with E-state index in [1.54, 1.807) is 4.80 Å². The molecule has 4 heteroatoms. The smallest absolute Gasteiger partial charge is 0.113 e. The molecular formula is C17H17N3O. The maximum atomic E-state index is 9.39. The Kier molecular flexibility index (Phi) is 3.69. The summed E-state index contributed by atoms with van der Waals surface area (Å²) in [5, 5.41) is 18.3. The fourth-order valence-electron chi connectivity index (χ4n) is 2.42. The van der Waals surface area contributed by atoms with Crippen molar-refractivity contribution in [2.45, 2.75) is 19.4 Å². The third-order valence-corrected chi connectivity index (χ3v) is 3.42. The summed E-state index contributed by atoms with van der Waals surface area (Å²) < 4.78 is 0. The van der Waals surface area contributed by atoms with Crippen LogP contribution in [0, 0.1) is 0 Å². The number of nitrogens with zero attached hydrogens (tertiary/aromatic N) is 3. The van der Waals surface area contributed by atoms with Crippen LogP contribution in [0.2, 0.25) is 0 Å². The lowest BCUT2D eigenvalue weighted by molar-refractivity contribution is 0.401. The second-order valence-electron chi connectivity index (χ2n) is 5.05. The minimum atomic E-state index is 0.186. The summed E-state index contributed by atoms with van der Waals surface area (Å²) in [6, 6.07) is 15.9. The molecule has 0 fully saturated rings. The maximum absolute atomic E-state index is 9.39. The van der Waals surface area contributed by atoms with E-state index in [1.807, 2.05) is 42.5 Å². The highest BCUT2D eigenvalue weighted by Gasteiger charge is 2.05. The molecule has 0 spiro atoms. The molecule has 21 heavy (non-hydrogen) atoms. The van der Waals surface area contributed by atoms with Crippen LogP contribution in [0.15, 0.2) is 60.9 Å². The van der Waals surface area contributed by atoms with E-state index in [9.17, 15) is 5.11 Å². The zero-order valence-corrected chi connectivity index (χ0v) is 11.7. The second kappa shape index (κ2) is 5.79. The molecule has 0 bridgehead atoms. The molecule has 0 aliphatic carbocycles. The Bertz CT molecular complexity index is 743. The summed E-state index contributed by atoms with van der Waals surface area (Å²) in [7, 11) is 0. The Labute approximate surface area is 123 Å². The fraction of sp³-hybridized carbons (Fsp3) is 0.176. The first-order valence-electron chi connectivity index (χ1n) is 6.96. The van der Waals surface area contributed by atoms with Crippen LogP contribution < -0.4 is 0 Å². The first kappa shape index (κ1) is 13.4. The van der Waals surface area contributed by atoms with Crippen molar-refractivity contribution in [2.24, 2.45) is 0 Å². The van der Waals surface area contributed by atoms with Gasteiger partial charge in [0, 0.05) is 6.42 Å². The monoisotopic (exact) mass is 279 g/mol. The normalized spacial score (nSPS) is 10.9. The zero-order chi connectivity index (χ0) is 14.7. The van der Waals surface area contributed by atoms with E-state index < -0.39 is 0 Å². The molecule has 0 aliphatic rings. The van der Waals surface area contributed by atoms with Crippen molar-refractivity contribution < 1.29 is 5.11 Å². The minimum Gasteiger partial charge on any atom is -0.513 e. The Balaban J connectivity index is 1.76. The number of allylic oxidation sites excluding steroid dienone is 1. The molecule has 0 aliphatic heterocycles. The number of hydrogen-bond acceptors (Lipinski definition) is 3. The molecule has 0 saturated carbocycles. The lowest BCUT2D eigenvalue weighted by Gasteiger charge is -2.08. The molecule has 0 atom stereocenters. The van der Waals surface area contributed by atoms with Crippen LogP contribution >= 0.6 is 0 Å². The summed E-state index contributed by atoms with van der Waals surface area (Å²) in [5.74, 6) is 0.186. The van der Waals surface area contributed by atoms with Gasteiger partial charge in [-0.15, -0.1) is 0 Å². The van der Waals surface area contributed by atoms with Crippen LogP contribution in [0.25, 0.3) is 11.0 Å². The van der Waals surface area contributed by atoms with Gasteiger partial charge in [-0.2, -0.15) is 15.0 Å². The third kappa shape index (κ3) is 3.11. The van der Waals surface area contributed by atoms with Gasteiger partial charge in [0.05, 0.1) is 12.3 Å². The molecule has 1 N–H and O–H groups in total. The molecule has 0 saturated heterocycles. The molecule has 0 radical (unpaired) electrons. The number of aliphatic hydroxyl groups is 1. The van der Waals surface area contributed by atoms with Crippen molar-refractivity contribution in [1.29, 1.82) is 0 Å². The SMILES string of the molecule is C=C(O)Cc1ccccc1CCn1nc2ccccc2n1. The van der Waals surface area contributed by atoms with Crippen LogP contribution in [-0.2, 0) is 19.4 Å². The molecule has 3 rings (SSSR count). The molecule has 4 nitrogen and oxygen atoms in total. The number of aliphatic hydroxyl groups excluding tert-OH is 1. The average molecular weight is 279 g/mol. The fourth-order valence-corrected chi connectivity index (χ4v) is 2.42. The lowest BCUT2D eigenvalue weighted by Crippen LogP contribution is -2.06. The Morgan fingerprint density at radius 1 is 0.952 bits per heavy atom. The molecule has 2 aromatic carbocycles. The quantitative estimate of drug-likeness (QED) is 0.729. The first-order chi connectivity index (χ1) is 10.2. The average Bonchev–Trinajstić information content (AvgIpc) is 2.88. The van der Waals surface area contributed by atoms with Gasteiger partial charge in [-0.05, 0) is 29.7 Å². The maximum Gasteiger partial charge on any atom is 0.113 e. The number of hydrogen-bond donors (Lipinski definition) is 1. The number of aryl methyl sites for hydroxylation is 2. The number of aromatic nitrogens is 3.